The highest BCUT2D eigenvalue weighted by Crippen LogP contribution is 2.17. The zero-order valence-corrected chi connectivity index (χ0v) is 9.34. The Balaban J connectivity index is 2.18. The van der Waals surface area contributed by atoms with Crippen LogP contribution in [0.2, 0.25) is 0 Å². The van der Waals surface area contributed by atoms with E-state index in [1.165, 1.54) is 6.07 Å². The molecule has 0 aliphatic heterocycles. The topological polar surface area (TPSA) is 62.2 Å². The van der Waals surface area contributed by atoms with Crippen LogP contribution in [0.3, 0.4) is 0 Å². The minimum Gasteiger partial charge on any atom is -0.508 e. The Morgan fingerprint density at radius 2 is 2.12 bits per heavy atom. The lowest BCUT2D eigenvalue weighted by Crippen LogP contribution is -2.12. The summed E-state index contributed by atoms with van der Waals surface area (Å²) in [7, 11) is 0. The number of hydrogen-bond acceptors (Lipinski definition) is 3. The van der Waals surface area contributed by atoms with Crippen LogP contribution in [0.15, 0.2) is 42.6 Å². The van der Waals surface area contributed by atoms with Crippen molar-refractivity contribution in [2.45, 2.75) is 6.92 Å². The summed E-state index contributed by atoms with van der Waals surface area (Å²) in [6.07, 6.45) is 1.61. The zero-order valence-electron chi connectivity index (χ0n) is 9.34. The maximum absolute atomic E-state index is 11.8. The monoisotopic (exact) mass is 228 g/mol. The molecule has 1 amide bonds. The van der Waals surface area contributed by atoms with Crippen molar-refractivity contribution in [1.82, 2.24) is 4.98 Å². The predicted octanol–water partition coefficient (Wildman–Crippen LogP) is 2.35. The Bertz CT molecular complexity index is 538. The standard InChI is InChI=1S/C13H12N2O2/c1-9-8-10(5-6-11(9)16)13(17)15-12-4-2-3-7-14-12/h2-8,16H,1H3,(H,14,15,17). The molecule has 2 aromatic rings. The number of amides is 1. The van der Waals surface area contributed by atoms with E-state index >= 15 is 0 Å². The lowest BCUT2D eigenvalue weighted by atomic mass is 10.1. The molecule has 0 spiro atoms. The molecule has 4 nitrogen and oxygen atoms in total. The second-order valence-corrected chi connectivity index (χ2v) is 3.67. The smallest absolute Gasteiger partial charge is 0.256 e. The van der Waals surface area contributed by atoms with Crippen LogP contribution >= 0.6 is 0 Å². The van der Waals surface area contributed by atoms with Crippen molar-refractivity contribution < 1.29 is 9.90 Å². The molecule has 0 aliphatic rings. The van der Waals surface area contributed by atoms with Crippen LogP contribution in [-0.4, -0.2) is 16.0 Å². The highest BCUT2D eigenvalue weighted by atomic mass is 16.3. The third-order valence-corrected chi connectivity index (χ3v) is 2.37. The highest BCUT2D eigenvalue weighted by Gasteiger charge is 2.07. The van der Waals surface area contributed by atoms with Crippen molar-refractivity contribution in [3.8, 4) is 5.75 Å². The number of aromatic hydroxyl groups is 1. The molecule has 0 radical (unpaired) electrons. The molecule has 0 bridgehead atoms. The van der Waals surface area contributed by atoms with Gasteiger partial charge in [0, 0.05) is 11.8 Å². The van der Waals surface area contributed by atoms with E-state index in [0.29, 0.717) is 16.9 Å². The van der Waals surface area contributed by atoms with Crippen molar-refractivity contribution in [2.75, 3.05) is 5.32 Å². The molecule has 1 aromatic carbocycles. The number of nitrogens with one attached hydrogen (secondary N) is 1. The third kappa shape index (κ3) is 2.60. The van der Waals surface area contributed by atoms with E-state index in [1.807, 2.05) is 0 Å². The van der Waals surface area contributed by atoms with Gasteiger partial charge >= 0.3 is 0 Å². The molecule has 86 valence electrons. The number of aryl methyl sites for hydroxylation is 1. The van der Waals surface area contributed by atoms with Gasteiger partial charge in [0.25, 0.3) is 5.91 Å². The van der Waals surface area contributed by atoms with Crippen LogP contribution in [0.4, 0.5) is 5.82 Å². The van der Waals surface area contributed by atoms with Gasteiger partial charge in [-0.15, -0.1) is 0 Å². The number of anilines is 1. The number of benzene rings is 1. The molecular formula is C13H12N2O2. The quantitative estimate of drug-likeness (QED) is 0.829. The van der Waals surface area contributed by atoms with Crippen molar-refractivity contribution in [1.29, 1.82) is 0 Å². The number of aromatic nitrogens is 1. The molecular weight excluding hydrogens is 216 g/mol. The van der Waals surface area contributed by atoms with Gasteiger partial charge in [0.15, 0.2) is 0 Å². The highest BCUT2D eigenvalue weighted by molar-refractivity contribution is 6.03. The number of pyridine rings is 1. The SMILES string of the molecule is Cc1cc(C(=O)Nc2ccccn2)ccc1O. The van der Waals surface area contributed by atoms with Gasteiger partial charge in [-0.05, 0) is 42.8 Å². The number of carbonyl (C=O) groups is 1. The molecule has 4 heteroatoms. The Morgan fingerprint density at radius 3 is 2.76 bits per heavy atom. The van der Waals surface area contributed by atoms with Crippen molar-refractivity contribution >= 4 is 11.7 Å². The van der Waals surface area contributed by atoms with E-state index in [2.05, 4.69) is 10.3 Å². The average molecular weight is 228 g/mol. The van der Waals surface area contributed by atoms with E-state index < -0.39 is 0 Å². The second kappa shape index (κ2) is 4.65. The first-order chi connectivity index (χ1) is 8.16. The molecule has 2 rings (SSSR count). The summed E-state index contributed by atoms with van der Waals surface area (Å²) in [5.74, 6) is 0.439. The number of phenolic OH excluding ortho intramolecular Hbond substituents is 1. The molecule has 1 heterocycles. The fourth-order valence-electron chi connectivity index (χ4n) is 1.42. The number of carbonyl (C=O) groups excluding carboxylic acids is 1. The lowest BCUT2D eigenvalue weighted by Gasteiger charge is -2.05. The Kier molecular flexibility index (Phi) is 3.05. The summed E-state index contributed by atoms with van der Waals surface area (Å²) in [6, 6.07) is 9.99. The number of phenols is 1. The molecule has 0 atom stereocenters. The van der Waals surface area contributed by atoms with Gasteiger partial charge < -0.3 is 10.4 Å². The van der Waals surface area contributed by atoms with Crippen LogP contribution in [0.25, 0.3) is 0 Å². The fraction of sp³-hybridized carbons (Fsp3) is 0.0769. The summed E-state index contributed by atoms with van der Waals surface area (Å²) in [4.78, 5) is 15.8. The van der Waals surface area contributed by atoms with E-state index in [4.69, 9.17) is 0 Å². The summed E-state index contributed by atoms with van der Waals surface area (Å²) in [5.41, 5.74) is 1.16. The van der Waals surface area contributed by atoms with Gasteiger partial charge in [0.2, 0.25) is 0 Å². The molecule has 0 aliphatic carbocycles. The van der Waals surface area contributed by atoms with Crippen molar-refractivity contribution in [3.05, 3.63) is 53.7 Å². The first kappa shape index (κ1) is 11.1. The molecule has 0 saturated carbocycles. The van der Waals surface area contributed by atoms with Gasteiger partial charge in [-0.25, -0.2) is 4.98 Å². The largest absolute Gasteiger partial charge is 0.508 e. The van der Waals surface area contributed by atoms with Crippen LogP contribution < -0.4 is 5.32 Å². The van der Waals surface area contributed by atoms with Gasteiger partial charge in [-0.2, -0.15) is 0 Å². The molecule has 0 saturated heterocycles. The number of hydrogen-bond donors (Lipinski definition) is 2. The summed E-state index contributed by atoms with van der Waals surface area (Å²) in [5, 5.41) is 12.0. The fourth-order valence-corrected chi connectivity index (χ4v) is 1.42. The number of rotatable bonds is 2. The predicted molar refractivity (Wildman–Crippen MR) is 65.0 cm³/mol. The van der Waals surface area contributed by atoms with Gasteiger partial charge in [-0.1, -0.05) is 6.07 Å². The van der Waals surface area contributed by atoms with Crippen LogP contribution in [0.1, 0.15) is 15.9 Å². The lowest BCUT2D eigenvalue weighted by molar-refractivity contribution is 0.102. The average Bonchev–Trinajstić information content (AvgIpc) is 2.34. The second-order valence-electron chi connectivity index (χ2n) is 3.67. The van der Waals surface area contributed by atoms with Gasteiger partial charge in [0.1, 0.15) is 11.6 Å². The Morgan fingerprint density at radius 1 is 1.29 bits per heavy atom. The van der Waals surface area contributed by atoms with Crippen molar-refractivity contribution in [2.24, 2.45) is 0 Å². The van der Waals surface area contributed by atoms with E-state index in [0.717, 1.165) is 0 Å². The zero-order chi connectivity index (χ0) is 12.3. The first-order valence-corrected chi connectivity index (χ1v) is 5.19. The van der Waals surface area contributed by atoms with Gasteiger partial charge in [-0.3, -0.25) is 4.79 Å². The maximum atomic E-state index is 11.8. The number of nitrogens with zero attached hydrogens (tertiary/aromatic N) is 1. The Labute approximate surface area is 98.9 Å². The van der Waals surface area contributed by atoms with Crippen LogP contribution in [0.5, 0.6) is 5.75 Å². The Hall–Kier alpha value is -2.36. The summed E-state index contributed by atoms with van der Waals surface area (Å²) >= 11 is 0. The first-order valence-electron chi connectivity index (χ1n) is 5.19. The maximum Gasteiger partial charge on any atom is 0.256 e. The summed E-state index contributed by atoms with van der Waals surface area (Å²) < 4.78 is 0. The normalized spacial score (nSPS) is 9.94. The van der Waals surface area contributed by atoms with Crippen LogP contribution in [0, 0.1) is 6.92 Å². The molecule has 2 N–H and O–H groups in total. The molecule has 0 fully saturated rings. The minimum absolute atomic E-state index is 0.180. The van der Waals surface area contributed by atoms with E-state index in [1.54, 1.807) is 43.5 Å². The minimum atomic E-state index is -0.244. The summed E-state index contributed by atoms with van der Waals surface area (Å²) in [6.45, 7) is 1.74. The van der Waals surface area contributed by atoms with Crippen LogP contribution in [-0.2, 0) is 0 Å². The van der Waals surface area contributed by atoms with E-state index in [-0.39, 0.29) is 11.7 Å². The molecule has 0 unspecified atom stereocenters. The molecule has 17 heavy (non-hydrogen) atoms. The molecule has 1 aromatic heterocycles. The van der Waals surface area contributed by atoms with Crippen molar-refractivity contribution in [3.63, 3.8) is 0 Å². The third-order valence-electron chi connectivity index (χ3n) is 2.37. The van der Waals surface area contributed by atoms with Gasteiger partial charge in [0.05, 0.1) is 0 Å². The van der Waals surface area contributed by atoms with E-state index in [9.17, 15) is 9.90 Å².